The number of rotatable bonds is 16. The van der Waals surface area contributed by atoms with E-state index >= 15 is 0 Å². The number of benzene rings is 5. The molecule has 0 unspecified atom stereocenters. The molecular formula is C51H42N2O13. The van der Waals surface area contributed by atoms with E-state index in [0.29, 0.717) is 17.2 Å². The van der Waals surface area contributed by atoms with Gasteiger partial charge in [-0.1, -0.05) is 60.7 Å². The smallest absolute Gasteiger partial charge is 0.374 e. The summed E-state index contributed by atoms with van der Waals surface area (Å²) < 4.78 is 39.8. The zero-order valence-corrected chi connectivity index (χ0v) is 35.9. The molecule has 0 aliphatic rings. The average Bonchev–Trinajstić information content (AvgIpc) is 3.33. The summed E-state index contributed by atoms with van der Waals surface area (Å²) in [6, 6.07) is 33.2. The van der Waals surface area contributed by atoms with Gasteiger partial charge in [0, 0.05) is 30.7 Å². The van der Waals surface area contributed by atoms with Crippen LogP contribution in [0.3, 0.4) is 0 Å². The Morgan fingerprint density at radius 3 is 1.36 bits per heavy atom. The molecule has 3 heterocycles. The maximum Gasteiger partial charge on any atom is 0.374 e. The zero-order chi connectivity index (χ0) is 46.3. The quantitative estimate of drug-likeness (QED) is 0.0937. The summed E-state index contributed by atoms with van der Waals surface area (Å²) >= 11 is 0. The molecule has 8 rings (SSSR count). The Bertz CT molecular complexity index is 3270. The fourth-order valence-electron chi connectivity index (χ4n) is 7.61. The number of amides is 2. The van der Waals surface area contributed by atoms with Gasteiger partial charge in [0.25, 0.3) is 11.8 Å². The normalized spacial score (nSPS) is 12.5. The monoisotopic (exact) mass is 890 g/mol. The molecular weight excluding hydrogens is 849 g/mol. The van der Waals surface area contributed by atoms with Gasteiger partial charge in [-0.25, -0.2) is 4.79 Å². The second-order valence-corrected chi connectivity index (χ2v) is 15.3. The average molecular weight is 891 g/mol. The molecule has 334 valence electrons. The van der Waals surface area contributed by atoms with Gasteiger partial charge in [-0.15, -0.1) is 0 Å². The summed E-state index contributed by atoms with van der Waals surface area (Å²) in [6.45, 7) is 0. The summed E-state index contributed by atoms with van der Waals surface area (Å²) in [5, 5.41) is 6.47. The van der Waals surface area contributed by atoms with E-state index in [1.807, 2.05) is 48.5 Å². The van der Waals surface area contributed by atoms with Crippen LogP contribution in [-0.4, -0.2) is 57.3 Å². The summed E-state index contributed by atoms with van der Waals surface area (Å²) in [4.78, 5) is 82.7. The van der Waals surface area contributed by atoms with Crippen LogP contribution in [0.4, 0.5) is 0 Å². The predicted octanol–water partition coefficient (Wildman–Crippen LogP) is 7.03. The molecule has 15 heteroatoms. The molecule has 0 spiro atoms. The Balaban J connectivity index is 1.20. The Hall–Kier alpha value is -8.46. The maximum atomic E-state index is 14.3. The van der Waals surface area contributed by atoms with Crippen LogP contribution in [-0.2, 0) is 17.6 Å². The van der Waals surface area contributed by atoms with Gasteiger partial charge in [0.15, 0.2) is 27.8 Å². The topological polar surface area (TPSA) is 203 Å². The number of carbonyl (C=O) groups is 3. The molecule has 8 aromatic rings. The van der Waals surface area contributed by atoms with Gasteiger partial charge in [-0.2, -0.15) is 0 Å². The standard InChI is InChI=1S/C51H42N2O13/c1-60-32-14-17-42-35(23-32)39(54)26-46(63-42)49(57)52-31(20-29-10-6-4-7-11-29)22-45(66-51(59)48-28-41(56)37-25-34(62-3)16-19-44(37)65-48)38(21-30-12-8-5-9-13-30)53-50(58)47-27-40(55)36-24-33(61-2)15-18-43(36)64-47/h4-19,23-28,31,38,45H,20-22H2,1-3H3,(H,52,57)(H,53,58)/t31-,38-,45-/m0/s1. The molecule has 3 aromatic heterocycles. The largest absolute Gasteiger partial charge is 0.497 e. The van der Waals surface area contributed by atoms with Gasteiger partial charge >= 0.3 is 5.97 Å². The van der Waals surface area contributed by atoms with Gasteiger partial charge in [0.05, 0.1) is 43.5 Å². The van der Waals surface area contributed by atoms with E-state index in [4.69, 9.17) is 32.2 Å². The highest BCUT2D eigenvalue weighted by Crippen LogP contribution is 2.25. The minimum atomic E-state index is -1.29. The van der Waals surface area contributed by atoms with E-state index in [0.717, 1.165) is 29.3 Å². The Morgan fingerprint density at radius 1 is 0.500 bits per heavy atom. The lowest BCUT2D eigenvalue weighted by atomic mass is 9.93. The maximum absolute atomic E-state index is 14.3. The lowest BCUT2D eigenvalue weighted by molar-refractivity contribution is 0.0112. The van der Waals surface area contributed by atoms with Crippen LogP contribution in [0.1, 0.15) is 49.2 Å². The number of nitrogens with one attached hydrogen (secondary N) is 2. The Morgan fingerprint density at radius 2 is 0.909 bits per heavy atom. The van der Waals surface area contributed by atoms with E-state index in [9.17, 15) is 28.8 Å². The molecule has 0 saturated heterocycles. The van der Waals surface area contributed by atoms with E-state index in [1.54, 1.807) is 30.3 Å². The molecule has 0 saturated carbocycles. The van der Waals surface area contributed by atoms with Gasteiger partial charge in [-0.3, -0.25) is 24.0 Å². The molecule has 2 amide bonds. The number of hydrogen-bond acceptors (Lipinski definition) is 13. The van der Waals surface area contributed by atoms with E-state index in [-0.39, 0.29) is 63.7 Å². The molecule has 66 heavy (non-hydrogen) atoms. The highest BCUT2D eigenvalue weighted by Gasteiger charge is 2.33. The van der Waals surface area contributed by atoms with Crippen LogP contribution in [0.5, 0.6) is 17.2 Å². The third-order valence-electron chi connectivity index (χ3n) is 11.0. The van der Waals surface area contributed by atoms with Crippen molar-refractivity contribution in [3.05, 3.63) is 193 Å². The Kier molecular flexibility index (Phi) is 13.1. The van der Waals surface area contributed by atoms with E-state index < -0.39 is 58.0 Å². The van der Waals surface area contributed by atoms with Crippen molar-refractivity contribution >= 4 is 50.7 Å². The second-order valence-electron chi connectivity index (χ2n) is 15.3. The van der Waals surface area contributed by atoms with Crippen LogP contribution in [0.25, 0.3) is 32.9 Å². The van der Waals surface area contributed by atoms with Crippen molar-refractivity contribution in [3.8, 4) is 17.2 Å². The molecule has 0 fully saturated rings. The number of ether oxygens (including phenoxy) is 4. The second kappa shape index (κ2) is 19.5. The van der Waals surface area contributed by atoms with Crippen molar-refractivity contribution in [2.45, 2.75) is 37.5 Å². The molecule has 3 atom stereocenters. The van der Waals surface area contributed by atoms with Gasteiger partial charge < -0.3 is 42.8 Å². The first-order chi connectivity index (χ1) is 32.0. The molecule has 0 bridgehead atoms. The minimum absolute atomic E-state index is 0.0655. The molecule has 0 aliphatic heterocycles. The summed E-state index contributed by atoms with van der Waals surface area (Å²) in [7, 11) is 4.37. The highest BCUT2D eigenvalue weighted by molar-refractivity contribution is 5.95. The lowest BCUT2D eigenvalue weighted by Gasteiger charge is -2.31. The summed E-state index contributed by atoms with van der Waals surface area (Å²) in [5.74, 6) is -2.38. The van der Waals surface area contributed by atoms with Crippen LogP contribution >= 0.6 is 0 Å². The number of fused-ring (bicyclic) bond motifs is 3. The first-order valence-electron chi connectivity index (χ1n) is 20.7. The minimum Gasteiger partial charge on any atom is -0.497 e. The van der Waals surface area contributed by atoms with Crippen LogP contribution in [0.2, 0.25) is 0 Å². The number of hydrogen-bond donors (Lipinski definition) is 2. The third-order valence-corrected chi connectivity index (χ3v) is 11.0. The van der Waals surface area contributed by atoms with Gasteiger partial charge in [0.1, 0.15) is 40.1 Å². The zero-order valence-electron chi connectivity index (χ0n) is 35.9. The third kappa shape index (κ3) is 10.00. The highest BCUT2D eigenvalue weighted by atomic mass is 16.6. The van der Waals surface area contributed by atoms with Gasteiger partial charge in [-0.05, 0) is 78.6 Å². The number of carbonyl (C=O) groups excluding carboxylic acids is 3. The molecule has 5 aromatic carbocycles. The van der Waals surface area contributed by atoms with Crippen LogP contribution in [0.15, 0.2) is 161 Å². The predicted molar refractivity (Wildman–Crippen MR) is 244 cm³/mol. The van der Waals surface area contributed by atoms with Crippen LogP contribution < -0.4 is 41.1 Å². The van der Waals surface area contributed by atoms with Crippen molar-refractivity contribution in [3.63, 3.8) is 0 Å². The fraction of sp³-hybridized carbons (Fsp3) is 0.176. The molecule has 2 N–H and O–H groups in total. The Labute approximate surface area is 375 Å². The number of esters is 1. The van der Waals surface area contributed by atoms with Crippen molar-refractivity contribution in [2.75, 3.05) is 21.3 Å². The van der Waals surface area contributed by atoms with Gasteiger partial charge in [0.2, 0.25) is 5.76 Å². The molecule has 15 nitrogen and oxygen atoms in total. The van der Waals surface area contributed by atoms with Crippen molar-refractivity contribution in [1.29, 1.82) is 0 Å². The summed E-state index contributed by atoms with van der Waals surface area (Å²) in [6.07, 6.45) is -1.21. The SMILES string of the molecule is COc1ccc2oc(C(=O)N[C@@H](Cc3ccccc3)C[C@H](OC(=O)c3cc(=O)c4cc(OC)ccc4o3)[C@H](Cc3ccccc3)NC(=O)c3cc(=O)c4cc(OC)ccc4o3)cc(=O)c2c1. The first kappa shape index (κ1) is 44.2. The lowest BCUT2D eigenvalue weighted by Crippen LogP contribution is -2.50. The fourth-order valence-corrected chi connectivity index (χ4v) is 7.61. The van der Waals surface area contributed by atoms with Crippen molar-refractivity contribution in [2.24, 2.45) is 0 Å². The van der Waals surface area contributed by atoms with Crippen molar-refractivity contribution < 1.29 is 46.6 Å². The summed E-state index contributed by atoms with van der Waals surface area (Å²) in [5.41, 5.74) is 0.361. The van der Waals surface area contributed by atoms with Crippen molar-refractivity contribution in [1.82, 2.24) is 10.6 Å². The van der Waals surface area contributed by atoms with E-state index in [2.05, 4.69) is 10.6 Å². The number of methoxy groups -OCH3 is 3. The van der Waals surface area contributed by atoms with Crippen LogP contribution in [0, 0.1) is 0 Å². The molecule has 0 aliphatic carbocycles. The molecule has 0 radical (unpaired) electrons. The van der Waals surface area contributed by atoms with E-state index in [1.165, 1.54) is 57.7 Å². The first-order valence-corrected chi connectivity index (χ1v) is 20.7.